The molecule has 0 spiro atoms. The predicted molar refractivity (Wildman–Crippen MR) is 125 cm³/mol. The highest BCUT2D eigenvalue weighted by Gasteiger charge is 2.15. The highest BCUT2D eigenvalue weighted by atomic mass is 15.1. The largest absolute Gasteiger partial charge is 0.399 e. The van der Waals surface area contributed by atoms with Crippen LogP contribution < -0.4 is 11.1 Å². The second-order valence-corrected chi connectivity index (χ2v) is 7.90. The lowest BCUT2D eigenvalue weighted by Gasteiger charge is -2.12. The lowest BCUT2D eigenvalue weighted by Crippen LogP contribution is -2.16. The van der Waals surface area contributed by atoms with Crippen LogP contribution in [0.15, 0.2) is 54.6 Å². The molecule has 0 aliphatic rings. The van der Waals surface area contributed by atoms with E-state index in [1.165, 1.54) is 10.8 Å². The minimum atomic E-state index is 0.772. The molecule has 3 aromatic carbocycles. The van der Waals surface area contributed by atoms with E-state index in [-0.39, 0.29) is 0 Å². The van der Waals surface area contributed by atoms with Gasteiger partial charge in [0.05, 0.1) is 21.9 Å². The molecule has 0 atom stereocenters. The van der Waals surface area contributed by atoms with Crippen molar-refractivity contribution < 1.29 is 0 Å². The smallest absolute Gasteiger partial charge is 0.136 e. The number of nitrogen functional groups attached to an aromatic ring is 1. The Bertz CT molecular complexity index is 1350. The molecule has 0 unspecified atom stereocenters. The van der Waals surface area contributed by atoms with E-state index in [2.05, 4.69) is 65.7 Å². The Balaban J connectivity index is 1.77. The van der Waals surface area contributed by atoms with Gasteiger partial charge >= 0.3 is 0 Å². The van der Waals surface area contributed by atoms with Crippen molar-refractivity contribution in [3.63, 3.8) is 0 Å². The van der Waals surface area contributed by atoms with E-state index in [9.17, 15) is 0 Å². The number of fused-ring (bicyclic) bond motifs is 7. The molecule has 5 rings (SSSR count). The first kappa shape index (κ1) is 17.8. The number of aromatic amines is 1. The fourth-order valence-electron chi connectivity index (χ4n) is 4.14. The first-order valence-corrected chi connectivity index (χ1v) is 10.0. The van der Waals surface area contributed by atoms with E-state index in [1.807, 2.05) is 18.2 Å². The fourth-order valence-corrected chi connectivity index (χ4v) is 4.14. The number of benzene rings is 3. The molecule has 0 aliphatic carbocycles. The van der Waals surface area contributed by atoms with Crippen LogP contribution in [0.5, 0.6) is 0 Å². The number of anilines is 2. The van der Waals surface area contributed by atoms with E-state index in [1.54, 1.807) is 0 Å². The molecule has 146 valence electrons. The summed E-state index contributed by atoms with van der Waals surface area (Å²) in [7, 11) is 4.20. The number of aromatic nitrogens is 2. The SMILES string of the molecule is CN(C)CCCNc1nc2ccccc2c2[nH]c3c4cc(N)ccc4ccc3c12. The van der Waals surface area contributed by atoms with Crippen LogP contribution in [-0.2, 0) is 0 Å². The molecule has 0 amide bonds. The van der Waals surface area contributed by atoms with Gasteiger partial charge in [0.15, 0.2) is 0 Å². The number of para-hydroxylation sites is 1. The van der Waals surface area contributed by atoms with Crippen molar-refractivity contribution in [3.05, 3.63) is 54.6 Å². The average molecular weight is 383 g/mol. The van der Waals surface area contributed by atoms with E-state index in [4.69, 9.17) is 10.7 Å². The Kier molecular flexibility index (Phi) is 4.25. The lowest BCUT2D eigenvalue weighted by atomic mass is 10.0. The maximum absolute atomic E-state index is 6.09. The van der Waals surface area contributed by atoms with Gasteiger partial charge in [-0.15, -0.1) is 0 Å². The fraction of sp³-hybridized carbons (Fsp3) is 0.208. The molecule has 0 radical (unpaired) electrons. The highest BCUT2D eigenvalue weighted by Crippen LogP contribution is 2.38. The van der Waals surface area contributed by atoms with Crippen LogP contribution in [-0.4, -0.2) is 42.1 Å². The van der Waals surface area contributed by atoms with Crippen molar-refractivity contribution in [3.8, 4) is 0 Å². The summed E-state index contributed by atoms with van der Waals surface area (Å²) in [6.07, 6.45) is 1.06. The van der Waals surface area contributed by atoms with Crippen LogP contribution in [0.4, 0.5) is 11.5 Å². The molecule has 2 heterocycles. The monoisotopic (exact) mass is 383 g/mol. The number of nitrogens with two attached hydrogens (primary N) is 1. The van der Waals surface area contributed by atoms with Crippen molar-refractivity contribution in [2.24, 2.45) is 0 Å². The molecule has 0 saturated carbocycles. The van der Waals surface area contributed by atoms with Gasteiger partial charge in [-0.25, -0.2) is 4.98 Å². The Morgan fingerprint density at radius 2 is 1.79 bits per heavy atom. The number of nitrogens with zero attached hydrogens (tertiary/aromatic N) is 2. The molecular weight excluding hydrogens is 358 g/mol. The molecule has 5 heteroatoms. The third-order valence-corrected chi connectivity index (χ3v) is 5.53. The Labute approximate surface area is 169 Å². The van der Waals surface area contributed by atoms with Gasteiger partial charge in [-0.2, -0.15) is 0 Å². The van der Waals surface area contributed by atoms with Crippen molar-refractivity contribution in [2.45, 2.75) is 6.42 Å². The minimum absolute atomic E-state index is 0.772. The Morgan fingerprint density at radius 1 is 0.966 bits per heavy atom. The Hall–Kier alpha value is -3.31. The molecule has 5 aromatic rings. The summed E-state index contributed by atoms with van der Waals surface area (Å²) in [5, 5.41) is 9.36. The van der Waals surface area contributed by atoms with Crippen LogP contribution in [0, 0.1) is 0 Å². The van der Waals surface area contributed by atoms with Crippen LogP contribution in [0.25, 0.3) is 43.5 Å². The molecule has 0 bridgehead atoms. The van der Waals surface area contributed by atoms with Gasteiger partial charge in [-0.1, -0.05) is 36.4 Å². The van der Waals surface area contributed by atoms with E-state index in [0.29, 0.717) is 0 Å². The topological polar surface area (TPSA) is 70.0 Å². The van der Waals surface area contributed by atoms with Gasteiger partial charge in [0.1, 0.15) is 5.82 Å². The van der Waals surface area contributed by atoms with Gasteiger partial charge in [0, 0.05) is 28.4 Å². The van der Waals surface area contributed by atoms with E-state index < -0.39 is 0 Å². The van der Waals surface area contributed by atoms with Crippen LogP contribution in [0.2, 0.25) is 0 Å². The number of rotatable bonds is 5. The minimum Gasteiger partial charge on any atom is -0.399 e. The lowest BCUT2D eigenvalue weighted by molar-refractivity contribution is 0.405. The number of nitrogens with one attached hydrogen (secondary N) is 2. The zero-order valence-electron chi connectivity index (χ0n) is 16.8. The van der Waals surface area contributed by atoms with E-state index >= 15 is 0 Å². The maximum atomic E-state index is 6.09. The summed E-state index contributed by atoms with van der Waals surface area (Å²) < 4.78 is 0. The van der Waals surface area contributed by atoms with Gasteiger partial charge in [0.25, 0.3) is 0 Å². The van der Waals surface area contributed by atoms with Gasteiger partial charge in [-0.05, 0) is 50.6 Å². The van der Waals surface area contributed by atoms with Crippen LogP contribution in [0.3, 0.4) is 0 Å². The number of hydrogen-bond donors (Lipinski definition) is 3. The third-order valence-electron chi connectivity index (χ3n) is 5.53. The van der Waals surface area contributed by atoms with Crippen LogP contribution >= 0.6 is 0 Å². The molecular formula is C24H25N5. The number of hydrogen-bond acceptors (Lipinski definition) is 4. The van der Waals surface area contributed by atoms with Crippen molar-refractivity contribution in [1.29, 1.82) is 0 Å². The van der Waals surface area contributed by atoms with Gasteiger partial charge in [0.2, 0.25) is 0 Å². The zero-order chi connectivity index (χ0) is 20.0. The summed E-state index contributed by atoms with van der Waals surface area (Å²) in [6.45, 7) is 1.92. The van der Waals surface area contributed by atoms with Crippen molar-refractivity contribution in [2.75, 3.05) is 38.2 Å². The predicted octanol–water partition coefficient (Wildman–Crippen LogP) is 4.97. The van der Waals surface area contributed by atoms with Crippen LogP contribution in [0.1, 0.15) is 6.42 Å². The summed E-state index contributed by atoms with van der Waals surface area (Å²) in [6, 6.07) is 18.7. The Morgan fingerprint density at radius 3 is 2.66 bits per heavy atom. The normalized spacial score (nSPS) is 12.0. The second-order valence-electron chi connectivity index (χ2n) is 7.90. The summed E-state index contributed by atoms with van der Waals surface area (Å²) in [5.74, 6) is 0.937. The van der Waals surface area contributed by atoms with Crippen molar-refractivity contribution >= 4 is 55.0 Å². The number of H-pyrrole nitrogens is 1. The molecule has 4 N–H and O–H groups in total. The van der Waals surface area contributed by atoms with E-state index in [0.717, 1.165) is 63.7 Å². The summed E-state index contributed by atoms with van der Waals surface area (Å²) in [5.41, 5.74) is 10.1. The first-order valence-electron chi connectivity index (χ1n) is 10.0. The summed E-state index contributed by atoms with van der Waals surface area (Å²) in [4.78, 5) is 10.9. The molecule has 29 heavy (non-hydrogen) atoms. The zero-order valence-corrected chi connectivity index (χ0v) is 16.8. The molecule has 2 aromatic heterocycles. The van der Waals surface area contributed by atoms with Gasteiger partial charge < -0.3 is 20.9 Å². The van der Waals surface area contributed by atoms with Gasteiger partial charge in [-0.3, -0.25) is 0 Å². The quantitative estimate of drug-likeness (QED) is 0.296. The summed E-state index contributed by atoms with van der Waals surface area (Å²) >= 11 is 0. The maximum Gasteiger partial charge on any atom is 0.136 e. The first-order chi connectivity index (χ1) is 14.1. The number of pyridine rings is 1. The molecule has 0 fully saturated rings. The van der Waals surface area contributed by atoms with Crippen molar-refractivity contribution in [1.82, 2.24) is 14.9 Å². The third kappa shape index (κ3) is 3.04. The molecule has 0 saturated heterocycles. The second kappa shape index (κ2) is 6.94. The standard InChI is InChI=1S/C24H25N5/c1-29(2)13-5-12-26-24-21-18-11-9-15-8-10-16(25)14-19(15)22(18)28-23(21)17-6-3-4-7-20(17)27-24/h3-4,6-11,14,28H,5,12-13,25H2,1-2H3,(H,26,27). The molecule has 5 nitrogen and oxygen atoms in total. The molecule has 0 aliphatic heterocycles. The average Bonchev–Trinajstić information content (AvgIpc) is 3.11. The highest BCUT2D eigenvalue weighted by molar-refractivity contribution is 6.25.